The lowest BCUT2D eigenvalue weighted by atomic mass is 10.1. The van der Waals surface area contributed by atoms with Gasteiger partial charge in [-0.05, 0) is 26.7 Å². The minimum Gasteiger partial charge on any atom is -0.351 e. The van der Waals surface area contributed by atoms with Crippen LogP contribution in [0.15, 0.2) is 0 Å². The molecule has 1 saturated carbocycles. The minimum absolute atomic E-state index is 0.510. The maximum absolute atomic E-state index is 6.08. The van der Waals surface area contributed by atoms with Crippen LogP contribution in [0.2, 0.25) is 5.15 Å². The Hall–Kier alpha value is -0.830. The SMILES string of the molecule is Cc1nc(NC2CCCCCC2)nc(Cl)c1C. The molecule has 1 heterocycles. The molecule has 1 aliphatic carbocycles. The highest BCUT2D eigenvalue weighted by molar-refractivity contribution is 6.30. The molecule has 0 bridgehead atoms. The fourth-order valence-electron chi connectivity index (χ4n) is 2.26. The lowest BCUT2D eigenvalue weighted by Gasteiger charge is -2.17. The number of rotatable bonds is 2. The fourth-order valence-corrected chi connectivity index (χ4v) is 2.48. The third-order valence-corrected chi connectivity index (χ3v) is 3.89. The molecular weight excluding hydrogens is 234 g/mol. The second-order valence-electron chi connectivity index (χ2n) is 4.88. The van der Waals surface area contributed by atoms with Crippen LogP contribution in [0.4, 0.5) is 5.95 Å². The summed E-state index contributed by atoms with van der Waals surface area (Å²) in [6.45, 7) is 3.92. The highest BCUT2D eigenvalue weighted by Gasteiger charge is 2.14. The van der Waals surface area contributed by atoms with E-state index < -0.39 is 0 Å². The van der Waals surface area contributed by atoms with Gasteiger partial charge >= 0.3 is 0 Å². The van der Waals surface area contributed by atoms with Crippen molar-refractivity contribution >= 4 is 17.5 Å². The van der Waals surface area contributed by atoms with Gasteiger partial charge in [0.25, 0.3) is 0 Å². The number of halogens is 1. The summed E-state index contributed by atoms with van der Waals surface area (Å²) >= 11 is 6.08. The van der Waals surface area contributed by atoms with Crippen LogP contribution in [-0.2, 0) is 0 Å². The lowest BCUT2D eigenvalue weighted by molar-refractivity contribution is 0.614. The van der Waals surface area contributed by atoms with Gasteiger partial charge in [0.1, 0.15) is 5.15 Å². The molecule has 2 rings (SSSR count). The largest absolute Gasteiger partial charge is 0.351 e. The van der Waals surface area contributed by atoms with E-state index in [1.54, 1.807) is 0 Å². The van der Waals surface area contributed by atoms with E-state index in [0.29, 0.717) is 17.1 Å². The summed E-state index contributed by atoms with van der Waals surface area (Å²) in [4.78, 5) is 8.75. The zero-order valence-corrected chi connectivity index (χ0v) is 11.3. The molecule has 0 spiro atoms. The minimum atomic E-state index is 0.510. The zero-order valence-electron chi connectivity index (χ0n) is 10.6. The molecule has 4 heteroatoms. The van der Waals surface area contributed by atoms with Crippen molar-refractivity contribution in [2.75, 3.05) is 5.32 Å². The molecule has 1 fully saturated rings. The lowest BCUT2D eigenvalue weighted by Crippen LogP contribution is -2.20. The summed E-state index contributed by atoms with van der Waals surface area (Å²) in [5.74, 6) is 0.685. The van der Waals surface area contributed by atoms with E-state index in [9.17, 15) is 0 Å². The van der Waals surface area contributed by atoms with Crippen molar-refractivity contribution < 1.29 is 0 Å². The summed E-state index contributed by atoms with van der Waals surface area (Å²) in [5, 5.41) is 3.99. The van der Waals surface area contributed by atoms with E-state index in [2.05, 4.69) is 15.3 Å². The number of aromatic nitrogens is 2. The van der Waals surface area contributed by atoms with E-state index in [0.717, 1.165) is 11.3 Å². The van der Waals surface area contributed by atoms with Gasteiger partial charge in [-0.25, -0.2) is 9.97 Å². The van der Waals surface area contributed by atoms with Gasteiger partial charge in [-0.15, -0.1) is 0 Å². The summed E-state index contributed by atoms with van der Waals surface area (Å²) in [5.41, 5.74) is 1.93. The Kier molecular flexibility index (Phi) is 4.21. The molecule has 0 aromatic carbocycles. The number of hydrogen-bond acceptors (Lipinski definition) is 3. The highest BCUT2D eigenvalue weighted by Crippen LogP contribution is 2.22. The molecule has 1 aromatic rings. The number of nitrogens with zero attached hydrogens (tertiary/aromatic N) is 2. The first-order valence-electron chi connectivity index (χ1n) is 6.44. The quantitative estimate of drug-likeness (QED) is 0.642. The van der Waals surface area contributed by atoms with Gasteiger partial charge < -0.3 is 5.32 Å². The average molecular weight is 254 g/mol. The average Bonchev–Trinajstić information content (AvgIpc) is 2.54. The molecule has 3 nitrogen and oxygen atoms in total. The molecule has 94 valence electrons. The molecule has 0 unspecified atom stereocenters. The van der Waals surface area contributed by atoms with Crippen molar-refractivity contribution in [3.63, 3.8) is 0 Å². The Morgan fingerprint density at radius 2 is 1.71 bits per heavy atom. The Balaban J connectivity index is 2.07. The summed E-state index contributed by atoms with van der Waals surface area (Å²) in [6.07, 6.45) is 7.74. The first-order chi connectivity index (χ1) is 8.16. The fraction of sp³-hybridized carbons (Fsp3) is 0.692. The van der Waals surface area contributed by atoms with E-state index in [-0.39, 0.29) is 0 Å². The Labute approximate surface area is 108 Å². The van der Waals surface area contributed by atoms with Crippen LogP contribution < -0.4 is 5.32 Å². The van der Waals surface area contributed by atoms with E-state index in [1.807, 2.05) is 13.8 Å². The predicted octanol–water partition coefficient (Wildman–Crippen LogP) is 3.88. The number of hydrogen-bond donors (Lipinski definition) is 1. The molecule has 0 radical (unpaired) electrons. The molecular formula is C13H20ClN3. The van der Waals surface area contributed by atoms with Crippen molar-refractivity contribution in [2.24, 2.45) is 0 Å². The summed E-state index contributed by atoms with van der Waals surface area (Å²) < 4.78 is 0. The monoisotopic (exact) mass is 253 g/mol. The molecule has 0 atom stereocenters. The second kappa shape index (κ2) is 5.67. The zero-order chi connectivity index (χ0) is 12.3. The molecule has 0 saturated heterocycles. The molecule has 0 amide bonds. The van der Waals surface area contributed by atoms with Crippen molar-refractivity contribution in [1.82, 2.24) is 9.97 Å². The van der Waals surface area contributed by atoms with Gasteiger partial charge in [0.2, 0.25) is 5.95 Å². The van der Waals surface area contributed by atoms with Crippen LogP contribution in [0.3, 0.4) is 0 Å². The van der Waals surface area contributed by atoms with Crippen molar-refractivity contribution in [2.45, 2.75) is 58.4 Å². The first-order valence-corrected chi connectivity index (χ1v) is 6.82. The first kappa shape index (κ1) is 12.6. The third kappa shape index (κ3) is 3.32. The van der Waals surface area contributed by atoms with Gasteiger partial charge in [0.05, 0.1) is 0 Å². The molecule has 1 N–H and O–H groups in total. The number of aryl methyl sites for hydroxylation is 1. The van der Waals surface area contributed by atoms with Crippen molar-refractivity contribution in [3.8, 4) is 0 Å². The highest BCUT2D eigenvalue weighted by atomic mass is 35.5. The third-order valence-electron chi connectivity index (χ3n) is 3.52. The van der Waals surface area contributed by atoms with Crippen molar-refractivity contribution in [3.05, 3.63) is 16.4 Å². The van der Waals surface area contributed by atoms with E-state index >= 15 is 0 Å². The van der Waals surface area contributed by atoms with Crippen LogP contribution in [0.1, 0.15) is 49.8 Å². The summed E-state index contributed by atoms with van der Waals surface area (Å²) in [7, 11) is 0. The normalized spacial score (nSPS) is 17.8. The van der Waals surface area contributed by atoms with E-state index in [4.69, 9.17) is 11.6 Å². The Morgan fingerprint density at radius 3 is 2.29 bits per heavy atom. The van der Waals surface area contributed by atoms with Gasteiger partial charge in [-0.2, -0.15) is 0 Å². The van der Waals surface area contributed by atoms with E-state index in [1.165, 1.54) is 38.5 Å². The van der Waals surface area contributed by atoms with Crippen LogP contribution in [0.5, 0.6) is 0 Å². The second-order valence-corrected chi connectivity index (χ2v) is 5.24. The van der Waals surface area contributed by atoms with Gasteiger partial charge in [-0.1, -0.05) is 37.3 Å². The molecule has 17 heavy (non-hydrogen) atoms. The number of anilines is 1. The topological polar surface area (TPSA) is 37.8 Å². The number of nitrogens with one attached hydrogen (secondary N) is 1. The molecule has 0 aliphatic heterocycles. The van der Waals surface area contributed by atoms with Crippen molar-refractivity contribution in [1.29, 1.82) is 0 Å². The molecule has 1 aromatic heterocycles. The summed E-state index contributed by atoms with van der Waals surface area (Å²) in [6, 6.07) is 0.510. The van der Waals surface area contributed by atoms with Gasteiger partial charge in [0, 0.05) is 17.3 Å². The molecule has 1 aliphatic rings. The van der Waals surface area contributed by atoms with Crippen LogP contribution in [0, 0.1) is 13.8 Å². The Bertz CT molecular complexity index is 361. The van der Waals surface area contributed by atoms with Crippen LogP contribution >= 0.6 is 11.6 Å². The maximum Gasteiger partial charge on any atom is 0.224 e. The van der Waals surface area contributed by atoms with Gasteiger partial charge in [0.15, 0.2) is 0 Å². The van der Waals surface area contributed by atoms with Crippen LogP contribution in [-0.4, -0.2) is 16.0 Å². The maximum atomic E-state index is 6.08. The Morgan fingerprint density at radius 1 is 1.06 bits per heavy atom. The smallest absolute Gasteiger partial charge is 0.224 e. The van der Waals surface area contributed by atoms with Gasteiger partial charge in [-0.3, -0.25) is 0 Å². The van der Waals surface area contributed by atoms with Crippen LogP contribution in [0.25, 0.3) is 0 Å². The standard InChI is InChI=1S/C13H20ClN3/c1-9-10(2)15-13(17-12(9)14)16-11-7-5-3-4-6-8-11/h11H,3-8H2,1-2H3,(H,15,16,17). The predicted molar refractivity (Wildman–Crippen MR) is 71.6 cm³/mol.